The number of aromatic hydroxyl groups is 1. The van der Waals surface area contributed by atoms with Crippen molar-refractivity contribution in [2.24, 2.45) is 5.92 Å². The van der Waals surface area contributed by atoms with Crippen LogP contribution in [-0.4, -0.2) is 44.2 Å². The molecule has 0 saturated carbocycles. The highest BCUT2D eigenvalue weighted by molar-refractivity contribution is 9.10. The quantitative estimate of drug-likeness (QED) is 0.412. The van der Waals surface area contributed by atoms with E-state index in [2.05, 4.69) is 31.2 Å². The van der Waals surface area contributed by atoms with Gasteiger partial charge >= 0.3 is 0 Å². The number of hydrogen-bond donors (Lipinski definition) is 2. The van der Waals surface area contributed by atoms with E-state index < -0.39 is 0 Å². The van der Waals surface area contributed by atoms with E-state index in [1.165, 1.54) is 12.8 Å². The molecule has 3 aromatic heterocycles. The van der Waals surface area contributed by atoms with Crippen molar-refractivity contribution < 1.29 is 9.52 Å². The number of phenolic OH excluding ortho intramolecular Hbond substituents is 1. The first kappa shape index (κ1) is 20.1. The number of furan rings is 1. The number of halogens is 1. The minimum absolute atomic E-state index is 0.210. The molecule has 0 bridgehead atoms. The fourth-order valence-corrected chi connectivity index (χ4v) is 4.57. The number of phenols is 1. The molecule has 0 aliphatic carbocycles. The predicted octanol–water partition coefficient (Wildman–Crippen LogP) is 4.78. The molecule has 0 radical (unpaired) electrons. The number of para-hydroxylation sites is 1. The molecule has 1 fully saturated rings. The molecule has 160 valence electrons. The summed E-state index contributed by atoms with van der Waals surface area (Å²) in [5.41, 5.74) is 2.12. The SMILES string of the molecule is Oc1ccccc1-c1cc(NCC2CCCN(Cc3ccco3)C2)n2ncc(Br)c2n1. The van der Waals surface area contributed by atoms with Crippen LogP contribution < -0.4 is 5.32 Å². The van der Waals surface area contributed by atoms with E-state index in [4.69, 9.17) is 9.40 Å². The highest BCUT2D eigenvalue weighted by Gasteiger charge is 2.21. The normalized spacial score (nSPS) is 17.3. The Balaban J connectivity index is 1.35. The van der Waals surface area contributed by atoms with Gasteiger partial charge < -0.3 is 14.8 Å². The van der Waals surface area contributed by atoms with Crippen LogP contribution in [0.1, 0.15) is 18.6 Å². The number of nitrogens with one attached hydrogen (secondary N) is 1. The monoisotopic (exact) mass is 481 g/mol. The van der Waals surface area contributed by atoms with Gasteiger partial charge in [-0.25, -0.2) is 4.98 Å². The van der Waals surface area contributed by atoms with Crippen LogP contribution in [0.15, 0.2) is 63.8 Å². The average molecular weight is 482 g/mol. The third-order valence-corrected chi connectivity index (χ3v) is 6.30. The van der Waals surface area contributed by atoms with Crippen LogP contribution in [0.3, 0.4) is 0 Å². The molecule has 4 heterocycles. The van der Waals surface area contributed by atoms with Gasteiger partial charge in [0.15, 0.2) is 5.65 Å². The van der Waals surface area contributed by atoms with Crippen molar-refractivity contribution in [3.63, 3.8) is 0 Å². The molecular formula is C23H24BrN5O2. The summed E-state index contributed by atoms with van der Waals surface area (Å²) >= 11 is 3.54. The topological polar surface area (TPSA) is 78.8 Å². The number of anilines is 1. The highest BCUT2D eigenvalue weighted by atomic mass is 79.9. The molecule has 1 aromatic carbocycles. The third-order valence-electron chi connectivity index (χ3n) is 5.74. The van der Waals surface area contributed by atoms with E-state index in [1.807, 2.05) is 36.4 Å². The lowest BCUT2D eigenvalue weighted by Gasteiger charge is -2.32. The number of hydrogen-bond acceptors (Lipinski definition) is 6. The standard InChI is InChI=1S/C23H24BrN5O2/c24-19-13-26-29-22(11-20(27-23(19)29)18-7-1-2-8-21(18)30)25-12-16-5-3-9-28(14-16)15-17-6-4-10-31-17/h1-2,4,6-8,10-11,13,16,25,30H,3,5,9,12,14-15H2. The Labute approximate surface area is 188 Å². The summed E-state index contributed by atoms with van der Waals surface area (Å²) in [6.45, 7) is 3.81. The molecule has 5 rings (SSSR count). The zero-order valence-electron chi connectivity index (χ0n) is 17.0. The molecular weight excluding hydrogens is 458 g/mol. The van der Waals surface area contributed by atoms with Crippen LogP contribution in [0.5, 0.6) is 5.75 Å². The Morgan fingerprint density at radius 2 is 2.13 bits per heavy atom. The van der Waals surface area contributed by atoms with E-state index in [0.29, 0.717) is 22.8 Å². The molecule has 1 aliphatic rings. The van der Waals surface area contributed by atoms with Gasteiger partial charge in [0.2, 0.25) is 0 Å². The van der Waals surface area contributed by atoms with Crippen molar-refractivity contribution >= 4 is 27.4 Å². The van der Waals surface area contributed by atoms with Gasteiger partial charge in [-0.3, -0.25) is 4.90 Å². The number of benzene rings is 1. The second-order valence-corrected chi connectivity index (χ2v) is 8.83. The molecule has 1 saturated heterocycles. The molecule has 8 heteroatoms. The second-order valence-electron chi connectivity index (χ2n) is 7.98. The van der Waals surface area contributed by atoms with Crippen molar-refractivity contribution in [3.05, 3.63) is 65.2 Å². The molecule has 0 spiro atoms. The lowest BCUT2D eigenvalue weighted by Crippen LogP contribution is -2.37. The summed E-state index contributed by atoms with van der Waals surface area (Å²) in [5.74, 6) is 2.61. The fourth-order valence-electron chi connectivity index (χ4n) is 4.22. The van der Waals surface area contributed by atoms with Gasteiger partial charge in [0.1, 0.15) is 17.3 Å². The summed E-state index contributed by atoms with van der Waals surface area (Å²) in [7, 11) is 0. The van der Waals surface area contributed by atoms with E-state index in [0.717, 1.165) is 42.2 Å². The van der Waals surface area contributed by atoms with Crippen molar-refractivity contribution in [2.75, 3.05) is 25.0 Å². The van der Waals surface area contributed by atoms with E-state index >= 15 is 0 Å². The first-order valence-corrected chi connectivity index (χ1v) is 11.3. The van der Waals surface area contributed by atoms with Crippen LogP contribution in [-0.2, 0) is 6.54 Å². The first-order valence-electron chi connectivity index (χ1n) is 10.5. The number of likely N-dealkylation sites (tertiary alicyclic amines) is 1. The molecule has 0 amide bonds. The molecule has 4 aromatic rings. The molecule has 31 heavy (non-hydrogen) atoms. The van der Waals surface area contributed by atoms with Crippen molar-refractivity contribution in [3.8, 4) is 17.0 Å². The lowest BCUT2D eigenvalue weighted by atomic mass is 9.98. The Kier molecular flexibility index (Phi) is 5.65. The summed E-state index contributed by atoms with van der Waals surface area (Å²) in [5, 5.41) is 18.4. The van der Waals surface area contributed by atoms with Crippen molar-refractivity contribution in [1.82, 2.24) is 19.5 Å². The zero-order valence-corrected chi connectivity index (χ0v) is 18.6. The van der Waals surface area contributed by atoms with Gasteiger partial charge in [-0.05, 0) is 65.5 Å². The van der Waals surface area contributed by atoms with E-state index in [-0.39, 0.29) is 5.75 Å². The lowest BCUT2D eigenvalue weighted by molar-refractivity contribution is 0.162. The van der Waals surface area contributed by atoms with Crippen LogP contribution >= 0.6 is 15.9 Å². The number of nitrogens with zero attached hydrogens (tertiary/aromatic N) is 4. The second kappa shape index (κ2) is 8.72. The number of piperidine rings is 1. The van der Waals surface area contributed by atoms with Gasteiger partial charge in [0, 0.05) is 24.7 Å². The van der Waals surface area contributed by atoms with Crippen LogP contribution in [0.4, 0.5) is 5.82 Å². The zero-order chi connectivity index (χ0) is 21.2. The van der Waals surface area contributed by atoms with Gasteiger partial charge in [-0.1, -0.05) is 12.1 Å². The summed E-state index contributed by atoms with van der Waals surface area (Å²) in [6.07, 6.45) is 5.84. The Morgan fingerprint density at radius 1 is 1.23 bits per heavy atom. The molecule has 7 nitrogen and oxygen atoms in total. The maximum atomic E-state index is 10.3. The molecule has 2 N–H and O–H groups in total. The highest BCUT2D eigenvalue weighted by Crippen LogP contribution is 2.31. The van der Waals surface area contributed by atoms with Crippen LogP contribution in [0.2, 0.25) is 0 Å². The van der Waals surface area contributed by atoms with Gasteiger partial charge in [0.25, 0.3) is 0 Å². The smallest absolute Gasteiger partial charge is 0.172 e. The molecule has 1 unspecified atom stereocenters. The van der Waals surface area contributed by atoms with Crippen LogP contribution in [0, 0.1) is 5.92 Å². The summed E-state index contributed by atoms with van der Waals surface area (Å²) < 4.78 is 8.13. The maximum absolute atomic E-state index is 10.3. The number of rotatable bonds is 6. The molecule has 1 aliphatic heterocycles. The average Bonchev–Trinajstić information content (AvgIpc) is 3.43. The van der Waals surface area contributed by atoms with E-state index in [9.17, 15) is 5.11 Å². The number of fused-ring (bicyclic) bond motifs is 1. The Morgan fingerprint density at radius 3 is 2.97 bits per heavy atom. The van der Waals surface area contributed by atoms with Gasteiger partial charge in [-0.2, -0.15) is 9.61 Å². The van der Waals surface area contributed by atoms with Crippen molar-refractivity contribution in [2.45, 2.75) is 19.4 Å². The third kappa shape index (κ3) is 4.31. The Bertz CT molecular complexity index is 1170. The van der Waals surface area contributed by atoms with Gasteiger partial charge in [0.05, 0.1) is 29.2 Å². The first-order chi connectivity index (χ1) is 15.2. The minimum atomic E-state index is 0.210. The minimum Gasteiger partial charge on any atom is -0.507 e. The van der Waals surface area contributed by atoms with Crippen molar-refractivity contribution in [1.29, 1.82) is 0 Å². The Hall–Kier alpha value is -2.84. The van der Waals surface area contributed by atoms with E-state index in [1.54, 1.807) is 23.0 Å². The summed E-state index contributed by atoms with van der Waals surface area (Å²) in [4.78, 5) is 7.16. The predicted molar refractivity (Wildman–Crippen MR) is 123 cm³/mol. The number of aromatic nitrogens is 3. The fraction of sp³-hybridized carbons (Fsp3) is 0.304. The summed E-state index contributed by atoms with van der Waals surface area (Å²) in [6, 6.07) is 13.2. The maximum Gasteiger partial charge on any atom is 0.172 e. The molecule has 1 atom stereocenters. The largest absolute Gasteiger partial charge is 0.507 e. The van der Waals surface area contributed by atoms with Crippen LogP contribution in [0.25, 0.3) is 16.9 Å². The van der Waals surface area contributed by atoms with Gasteiger partial charge in [-0.15, -0.1) is 0 Å².